The summed E-state index contributed by atoms with van der Waals surface area (Å²) in [6, 6.07) is 7.91. The molecule has 0 aliphatic carbocycles. The first-order valence-corrected chi connectivity index (χ1v) is 6.94. The van der Waals surface area contributed by atoms with Gasteiger partial charge in [-0.25, -0.2) is 0 Å². The summed E-state index contributed by atoms with van der Waals surface area (Å²) in [4.78, 5) is 13.9. The van der Waals surface area contributed by atoms with Crippen molar-refractivity contribution in [3.8, 4) is 5.75 Å². The maximum atomic E-state index is 12.1. The molecule has 0 saturated carbocycles. The highest BCUT2D eigenvalue weighted by Gasteiger charge is 2.18. The molecule has 1 aliphatic rings. The molecular formula is C15H22N2O3. The zero-order valence-corrected chi connectivity index (χ0v) is 12.1. The number of methoxy groups -OCH3 is 1. The van der Waals surface area contributed by atoms with Crippen LogP contribution < -0.4 is 10.1 Å². The van der Waals surface area contributed by atoms with Crippen LogP contribution in [0.25, 0.3) is 0 Å². The van der Waals surface area contributed by atoms with Crippen LogP contribution in [0.5, 0.6) is 5.75 Å². The molecule has 1 fully saturated rings. The normalized spacial score (nSPS) is 16.8. The Labute approximate surface area is 119 Å². The van der Waals surface area contributed by atoms with Crippen molar-refractivity contribution < 1.29 is 14.3 Å². The number of rotatable bonds is 5. The highest BCUT2D eigenvalue weighted by molar-refractivity contribution is 5.78. The van der Waals surface area contributed by atoms with E-state index < -0.39 is 0 Å². The fourth-order valence-electron chi connectivity index (χ4n) is 2.30. The number of para-hydroxylation sites is 1. The Balaban J connectivity index is 1.88. The Morgan fingerprint density at radius 1 is 1.40 bits per heavy atom. The van der Waals surface area contributed by atoms with E-state index in [0.29, 0.717) is 32.8 Å². The second-order valence-corrected chi connectivity index (χ2v) is 4.84. The number of nitrogens with one attached hydrogen (secondary N) is 1. The van der Waals surface area contributed by atoms with Crippen molar-refractivity contribution in [3.05, 3.63) is 29.8 Å². The smallest absolute Gasteiger partial charge is 0.236 e. The van der Waals surface area contributed by atoms with Crippen molar-refractivity contribution in [3.63, 3.8) is 0 Å². The van der Waals surface area contributed by atoms with Crippen LogP contribution in [-0.4, -0.2) is 50.8 Å². The van der Waals surface area contributed by atoms with Crippen molar-refractivity contribution in [2.75, 3.05) is 40.0 Å². The lowest BCUT2D eigenvalue weighted by atomic mass is 10.1. The summed E-state index contributed by atoms with van der Waals surface area (Å²) in [6.07, 6.45) is 0. The summed E-state index contributed by atoms with van der Waals surface area (Å²) in [5.41, 5.74) is 1.06. The standard InChI is InChI=1S/C15H22N2O3/c1-12(13-5-3-4-6-14(13)19-2)16-11-15(18)17-7-9-20-10-8-17/h3-6,12,16H,7-11H2,1-2H3/t12-/m0/s1. The number of benzene rings is 1. The van der Waals surface area contributed by atoms with Crippen LogP contribution in [0.2, 0.25) is 0 Å². The van der Waals surface area contributed by atoms with E-state index in [2.05, 4.69) is 5.32 Å². The summed E-state index contributed by atoms with van der Waals surface area (Å²) in [5.74, 6) is 0.960. The molecule has 1 heterocycles. The van der Waals surface area contributed by atoms with Crippen LogP contribution in [0.4, 0.5) is 0 Å². The molecule has 2 rings (SSSR count). The monoisotopic (exact) mass is 278 g/mol. The molecule has 1 atom stereocenters. The molecule has 5 heteroatoms. The van der Waals surface area contributed by atoms with Crippen molar-refractivity contribution in [2.45, 2.75) is 13.0 Å². The number of nitrogens with zero attached hydrogens (tertiary/aromatic N) is 1. The molecule has 1 N–H and O–H groups in total. The average Bonchev–Trinajstić information content (AvgIpc) is 2.53. The van der Waals surface area contributed by atoms with Crippen LogP contribution in [0, 0.1) is 0 Å². The van der Waals surface area contributed by atoms with Gasteiger partial charge in [0.25, 0.3) is 0 Å². The molecule has 20 heavy (non-hydrogen) atoms. The van der Waals surface area contributed by atoms with E-state index in [0.717, 1.165) is 11.3 Å². The maximum absolute atomic E-state index is 12.1. The number of hydrogen-bond acceptors (Lipinski definition) is 4. The van der Waals surface area contributed by atoms with Gasteiger partial charge in [0, 0.05) is 24.7 Å². The highest BCUT2D eigenvalue weighted by Crippen LogP contribution is 2.24. The van der Waals surface area contributed by atoms with Gasteiger partial charge < -0.3 is 19.7 Å². The first kappa shape index (κ1) is 14.8. The number of carbonyl (C=O) groups is 1. The van der Waals surface area contributed by atoms with Crippen molar-refractivity contribution >= 4 is 5.91 Å². The van der Waals surface area contributed by atoms with Gasteiger partial charge in [-0.1, -0.05) is 18.2 Å². The highest BCUT2D eigenvalue weighted by atomic mass is 16.5. The van der Waals surface area contributed by atoms with Crippen LogP contribution in [0.3, 0.4) is 0 Å². The number of hydrogen-bond donors (Lipinski definition) is 1. The summed E-state index contributed by atoms with van der Waals surface area (Å²) in [6.45, 7) is 5.00. The Morgan fingerprint density at radius 2 is 2.10 bits per heavy atom. The Kier molecular flexibility index (Phi) is 5.38. The van der Waals surface area contributed by atoms with Crippen molar-refractivity contribution in [1.82, 2.24) is 10.2 Å². The largest absolute Gasteiger partial charge is 0.496 e. The first-order valence-electron chi connectivity index (χ1n) is 6.94. The van der Waals surface area contributed by atoms with Gasteiger partial charge >= 0.3 is 0 Å². The third-order valence-corrected chi connectivity index (χ3v) is 3.53. The minimum absolute atomic E-state index is 0.0659. The van der Waals surface area contributed by atoms with Gasteiger partial charge in [0.1, 0.15) is 5.75 Å². The minimum Gasteiger partial charge on any atom is -0.496 e. The predicted molar refractivity (Wildman–Crippen MR) is 76.8 cm³/mol. The quantitative estimate of drug-likeness (QED) is 0.879. The molecule has 0 bridgehead atoms. The van der Waals surface area contributed by atoms with Gasteiger partial charge in [0.05, 0.1) is 26.9 Å². The average molecular weight is 278 g/mol. The summed E-state index contributed by atoms with van der Waals surface area (Å²) in [5, 5.41) is 3.26. The molecule has 0 aromatic heterocycles. The molecular weight excluding hydrogens is 256 g/mol. The fourth-order valence-corrected chi connectivity index (χ4v) is 2.30. The van der Waals surface area contributed by atoms with E-state index in [1.807, 2.05) is 36.1 Å². The van der Waals surface area contributed by atoms with E-state index in [9.17, 15) is 4.79 Å². The molecule has 5 nitrogen and oxygen atoms in total. The zero-order chi connectivity index (χ0) is 14.4. The summed E-state index contributed by atoms with van der Waals surface area (Å²) >= 11 is 0. The molecule has 1 saturated heterocycles. The van der Waals surface area contributed by atoms with Crippen molar-refractivity contribution in [1.29, 1.82) is 0 Å². The number of ether oxygens (including phenoxy) is 2. The predicted octanol–water partition coefficient (Wildman–Crippen LogP) is 1.20. The lowest BCUT2D eigenvalue weighted by Crippen LogP contribution is -2.45. The Bertz CT molecular complexity index is 444. The topological polar surface area (TPSA) is 50.8 Å². The lowest BCUT2D eigenvalue weighted by molar-refractivity contribution is -0.134. The minimum atomic E-state index is 0.0659. The van der Waals surface area contributed by atoms with Gasteiger partial charge in [0.15, 0.2) is 0 Å². The number of amides is 1. The molecule has 0 spiro atoms. The van der Waals surface area contributed by atoms with E-state index in [1.54, 1.807) is 7.11 Å². The van der Waals surface area contributed by atoms with Crippen molar-refractivity contribution in [2.24, 2.45) is 0 Å². The van der Waals surface area contributed by atoms with Gasteiger partial charge in [-0.2, -0.15) is 0 Å². The third-order valence-electron chi connectivity index (χ3n) is 3.53. The molecule has 0 radical (unpaired) electrons. The maximum Gasteiger partial charge on any atom is 0.236 e. The molecule has 1 aliphatic heterocycles. The van der Waals surface area contributed by atoms with Gasteiger partial charge in [-0.3, -0.25) is 4.79 Å². The number of carbonyl (C=O) groups excluding carboxylic acids is 1. The lowest BCUT2D eigenvalue weighted by Gasteiger charge is -2.27. The second-order valence-electron chi connectivity index (χ2n) is 4.84. The Hall–Kier alpha value is -1.59. The van der Waals surface area contributed by atoms with Crippen LogP contribution >= 0.6 is 0 Å². The number of morpholine rings is 1. The van der Waals surface area contributed by atoms with E-state index in [-0.39, 0.29) is 11.9 Å². The second kappa shape index (κ2) is 7.26. The molecule has 1 aromatic carbocycles. The zero-order valence-electron chi connectivity index (χ0n) is 12.1. The molecule has 0 unspecified atom stereocenters. The van der Waals surface area contributed by atoms with Gasteiger partial charge in [0.2, 0.25) is 5.91 Å². The first-order chi connectivity index (χ1) is 9.72. The van der Waals surface area contributed by atoms with E-state index >= 15 is 0 Å². The Morgan fingerprint density at radius 3 is 2.80 bits per heavy atom. The molecule has 1 amide bonds. The molecule has 110 valence electrons. The van der Waals surface area contributed by atoms with Crippen LogP contribution in [-0.2, 0) is 9.53 Å². The van der Waals surface area contributed by atoms with E-state index in [1.165, 1.54) is 0 Å². The van der Waals surface area contributed by atoms with E-state index in [4.69, 9.17) is 9.47 Å². The van der Waals surface area contributed by atoms with Gasteiger partial charge in [-0.15, -0.1) is 0 Å². The van der Waals surface area contributed by atoms with Crippen LogP contribution in [0.1, 0.15) is 18.5 Å². The molecule has 1 aromatic rings. The third kappa shape index (κ3) is 3.71. The fraction of sp³-hybridized carbons (Fsp3) is 0.533. The SMILES string of the molecule is COc1ccccc1[C@H](C)NCC(=O)N1CCOCC1. The van der Waals surface area contributed by atoms with Gasteiger partial charge in [-0.05, 0) is 13.0 Å². The summed E-state index contributed by atoms with van der Waals surface area (Å²) < 4.78 is 10.6. The summed E-state index contributed by atoms with van der Waals surface area (Å²) in [7, 11) is 1.66. The van der Waals surface area contributed by atoms with Crippen LogP contribution in [0.15, 0.2) is 24.3 Å².